The first-order valence-electron chi connectivity index (χ1n) is 7.05. The summed E-state index contributed by atoms with van der Waals surface area (Å²) in [5, 5.41) is 26.6. The third kappa shape index (κ3) is 4.86. The number of hydrogen-bond acceptors (Lipinski definition) is 6. The van der Waals surface area contributed by atoms with Crippen LogP contribution in [-0.2, 0) is 4.79 Å². The van der Waals surface area contributed by atoms with Gasteiger partial charge in [0.25, 0.3) is 11.6 Å². The molecule has 25 heavy (non-hydrogen) atoms. The predicted octanol–water partition coefficient (Wildman–Crippen LogP) is 2.02. The zero-order valence-corrected chi connectivity index (χ0v) is 13.1. The summed E-state index contributed by atoms with van der Waals surface area (Å²) >= 11 is 0. The second kappa shape index (κ2) is 7.68. The molecule has 0 aliphatic heterocycles. The van der Waals surface area contributed by atoms with E-state index in [9.17, 15) is 24.8 Å². The average Bonchev–Trinajstić information content (AvgIpc) is 2.55. The molecule has 0 fully saturated rings. The van der Waals surface area contributed by atoms with Crippen LogP contribution in [0.1, 0.15) is 22.8 Å². The highest BCUT2D eigenvalue weighted by atomic mass is 16.6. The number of nitrogens with one attached hydrogen (secondary N) is 2. The smallest absolute Gasteiger partial charge is 0.271 e. The molecule has 0 heterocycles. The Morgan fingerprint density at radius 3 is 2.68 bits per heavy atom. The number of phenols is 1. The lowest BCUT2D eigenvalue weighted by molar-refractivity contribution is -0.384. The van der Waals surface area contributed by atoms with Crippen molar-refractivity contribution in [3.8, 4) is 5.75 Å². The number of nitro benzene ring substituents is 1. The van der Waals surface area contributed by atoms with Crippen molar-refractivity contribution in [2.75, 3.05) is 5.32 Å². The first-order chi connectivity index (χ1) is 11.9. The molecule has 9 nitrogen and oxygen atoms in total. The van der Waals surface area contributed by atoms with Gasteiger partial charge < -0.3 is 10.4 Å². The van der Waals surface area contributed by atoms with Gasteiger partial charge in [-0.3, -0.25) is 19.7 Å². The number of benzene rings is 2. The number of phenolic OH excluding ortho intramolecular Hbond substituents is 1. The van der Waals surface area contributed by atoms with Crippen LogP contribution in [0.2, 0.25) is 0 Å². The van der Waals surface area contributed by atoms with Gasteiger partial charge in [-0.2, -0.15) is 5.10 Å². The van der Waals surface area contributed by atoms with Crippen LogP contribution in [0.5, 0.6) is 5.75 Å². The van der Waals surface area contributed by atoms with E-state index in [4.69, 9.17) is 0 Å². The topological polar surface area (TPSA) is 134 Å². The maximum absolute atomic E-state index is 12.0. The van der Waals surface area contributed by atoms with Crippen LogP contribution < -0.4 is 10.7 Å². The molecule has 3 N–H and O–H groups in total. The van der Waals surface area contributed by atoms with Gasteiger partial charge in [-0.25, -0.2) is 5.43 Å². The fourth-order valence-corrected chi connectivity index (χ4v) is 1.93. The van der Waals surface area contributed by atoms with Crippen LogP contribution in [0.4, 0.5) is 11.4 Å². The van der Waals surface area contributed by atoms with Crippen molar-refractivity contribution in [2.45, 2.75) is 6.92 Å². The summed E-state index contributed by atoms with van der Waals surface area (Å²) in [4.78, 5) is 33.2. The zero-order chi connectivity index (χ0) is 18.4. The number of rotatable bonds is 5. The summed E-state index contributed by atoms with van der Waals surface area (Å²) in [6.45, 7) is 1.35. The molecule has 0 radical (unpaired) electrons. The summed E-state index contributed by atoms with van der Waals surface area (Å²) in [7, 11) is 0. The van der Waals surface area contributed by atoms with Gasteiger partial charge in [0.2, 0.25) is 5.91 Å². The third-order valence-electron chi connectivity index (χ3n) is 3.04. The molecule has 0 bridgehead atoms. The van der Waals surface area contributed by atoms with E-state index in [1.807, 2.05) is 0 Å². The average molecular weight is 342 g/mol. The molecule has 0 aromatic heterocycles. The lowest BCUT2D eigenvalue weighted by Gasteiger charge is -2.04. The Bertz CT molecular complexity index is 863. The molecule has 128 valence electrons. The maximum Gasteiger partial charge on any atom is 0.271 e. The quantitative estimate of drug-likeness (QED) is 0.434. The van der Waals surface area contributed by atoms with E-state index < -0.39 is 10.8 Å². The molecule has 9 heteroatoms. The van der Waals surface area contributed by atoms with Crippen LogP contribution in [0, 0.1) is 10.1 Å². The lowest BCUT2D eigenvalue weighted by atomic mass is 10.2. The second-order valence-corrected chi connectivity index (χ2v) is 4.96. The highest BCUT2D eigenvalue weighted by Gasteiger charge is 2.09. The van der Waals surface area contributed by atoms with Crippen molar-refractivity contribution < 1.29 is 19.6 Å². The number of aromatic hydroxyl groups is 1. The molecule has 2 aromatic carbocycles. The predicted molar refractivity (Wildman–Crippen MR) is 90.6 cm³/mol. The Hall–Kier alpha value is -3.75. The van der Waals surface area contributed by atoms with Crippen LogP contribution >= 0.6 is 0 Å². The number of hydrazone groups is 1. The molecule has 0 atom stereocenters. The standard InChI is InChI=1S/C16H14N4O5/c1-10(21)18-13-4-2-3-11(7-13)16(23)19-17-9-12-8-14(20(24)25)5-6-15(12)22/h2-9,22H,1H3,(H,18,21)(H,19,23)/b17-9+. The number of carbonyl (C=O) groups is 2. The SMILES string of the molecule is CC(=O)Nc1cccc(C(=O)N/N=C/c2cc([N+](=O)[O-])ccc2O)c1. The van der Waals surface area contributed by atoms with E-state index in [0.29, 0.717) is 5.69 Å². The molecule has 2 rings (SSSR count). The number of carbonyl (C=O) groups excluding carboxylic acids is 2. The summed E-state index contributed by atoms with van der Waals surface area (Å²) < 4.78 is 0. The van der Waals surface area contributed by atoms with E-state index in [2.05, 4.69) is 15.8 Å². The Morgan fingerprint density at radius 2 is 2.00 bits per heavy atom. The van der Waals surface area contributed by atoms with Crippen molar-refractivity contribution in [3.63, 3.8) is 0 Å². The highest BCUT2D eigenvalue weighted by molar-refractivity contribution is 5.97. The summed E-state index contributed by atoms with van der Waals surface area (Å²) in [5.41, 5.74) is 2.83. The van der Waals surface area contributed by atoms with Gasteiger partial charge in [0.15, 0.2) is 0 Å². The molecule has 0 spiro atoms. The molecule has 0 unspecified atom stereocenters. The van der Waals surface area contributed by atoms with E-state index >= 15 is 0 Å². The van der Waals surface area contributed by atoms with Crippen molar-refractivity contribution in [1.82, 2.24) is 5.43 Å². The minimum Gasteiger partial charge on any atom is -0.507 e. The summed E-state index contributed by atoms with van der Waals surface area (Å²) in [5.74, 6) is -1.03. The molecule has 0 aliphatic carbocycles. The largest absolute Gasteiger partial charge is 0.507 e. The van der Waals surface area contributed by atoms with Crippen molar-refractivity contribution in [2.24, 2.45) is 5.10 Å². The van der Waals surface area contributed by atoms with E-state index in [-0.39, 0.29) is 28.5 Å². The number of anilines is 1. The van der Waals surface area contributed by atoms with Crippen molar-refractivity contribution in [1.29, 1.82) is 0 Å². The minimum absolute atomic E-state index is 0.0847. The van der Waals surface area contributed by atoms with Gasteiger partial charge in [0.1, 0.15) is 5.75 Å². The fraction of sp³-hybridized carbons (Fsp3) is 0.0625. The van der Waals surface area contributed by atoms with E-state index in [1.54, 1.807) is 12.1 Å². The summed E-state index contributed by atoms with van der Waals surface area (Å²) in [6.07, 6.45) is 1.10. The van der Waals surface area contributed by atoms with Gasteiger partial charge in [0, 0.05) is 35.9 Å². The van der Waals surface area contributed by atoms with Crippen LogP contribution in [0.3, 0.4) is 0 Å². The van der Waals surface area contributed by atoms with Crippen LogP contribution in [-0.4, -0.2) is 28.1 Å². The van der Waals surface area contributed by atoms with Crippen LogP contribution in [0.25, 0.3) is 0 Å². The fourth-order valence-electron chi connectivity index (χ4n) is 1.93. The molecular weight excluding hydrogens is 328 g/mol. The van der Waals surface area contributed by atoms with Crippen molar-refractivity contribution in [3.05, 3.63) is 63.7 Å². The molecule has 0 saturated heterocycles. The van der Waals surface area contributed by atoms with E-state index in [1.165, 1.54) is 19.1 Å². The normalized spacial score (nSPS) is 10.4. The monoisotopic (exact) mass is 342 g/mol. The van der Waals surface area contributed by atoms with Crippen molar-refractivity contribution >= 4 is 29.4 Å². The Morgan fingerprint density at radius 1 is 1.24 bits per heavy atom. The van der Waals surface area contributed by atoms with Crippen LogP contribution in [0.15, 0.2) is 47.6 Å². The van der Waals surface area contributed by atoms with Gasteiger partial charge in [-0.1, -0.05) is 6.07 Å². The number of non-ortho nitro benzene ring substituents is 1. The van der Waals surface area contributed by atoms with Gasteiger partial charge in [0.05, 0.1) is 11.1 Å². The molecule has 0 saturated carbocycles. The molecule has 0 aliphatic rings. The number of nitrogens with zero attached hydrogens (tertiary/aromatic N) is 2. The lowest BCUT2D eigenvalue weighted by Crippen LogP contribution is -2.18. The highest BCUT2D eigenvalue weighted by Crippen LogP contribution is 2.21. The molecule has 2 aromatic rings. The number of hydrogen-bond donors (Lipinski definition) is 3. The molecule has 2 amide bonds. The first kappa shape index (κ1) is 17.6. The Kier molecular flexibility index (Phi) is 5.41. The maximum atomic E-state index is 12.0. The number of amides is 2. The summed E-state index contributed by atoms with van der Waals surface area (Å²) in [6, 6.07) is 9.66. The van der Waals surface area contributed by atoms with Gasteiger partial charge >= 0.3 is 0 Å². The first-order valence-corrected chi connectivity index (χ1v) is 7.05. The minimum atomic E-state index is -0.608. The Labute approximate surface area is 142 Å². The van der Waals surface area contributed by atoms with E-state index in [0.717, 1.165) is 24.4 Å². The third-order valence-corrected chi connectivity index (χ3v) is 3.04. The Balaban J connectivity index is 2.09. The van der Waals surface area contributed by atoms with Gasteiger partial charge in [-0.05, 0) is 24.3 Å². The zero-order valence-electron chi connectivity index (χ0n) is 13.1. The number of nitro groups is 1. The molecular formula is C16H14N4O5. The second-order valence-electron chi connectivity index (χ2n) is 4.96. The van der Waals surface area contributed by atoms with Gasteiger partial charge in [-0.15, -0.1) is 0 Å².